The highest BCUT2D eigenvalue weighted by atomic mass is 15.2. The second-order valence-corrected chi connectivity index (χ2v) is 5.07. The topological polar surface area (TPSA) is 18.5 Å². The standard InChI is InChI=1S/C14H23N3/c1-15-13-6-4-12(5-7-13)10-17(3)14-8-9-16(2)11-14/h4-7,14-15H,8-11H2,1-3H3. The van der Waals surface area contributed by atoms with Crippen LogP contribution < -0.4 is 5.32 Å². The van der Waals surface area contributed by atoms with Gasteiger partial charge < -0.3 is 10.2 Å². The first-order valence-electron chi connectivity index (χ1n) is 6.34. The van der Waals surface area contributed by atoms with Gasteiger partial charge >= 0.3 is 0 Å². The van der Waals surface area contributed by atoms with E-state index in [-0.39, 0.29) is 0 Å². The molecule has 2 rings (SSSR count). The molecule has 1 unspecified atom stereocenters. The minimum absolute atomic E-state index is 0.712. The summed E-state index contributed by atoms with van der Waals surface area (Å²) >= 11 is 0. The van der Waals surface area contributed by atoms with Crippen LogP contribution in [0.2, 0.25) is 0 Å². The largest absolute Gasteiger partial charge is 0.388 e. The average Bonchev–Trinajstić information content (AvgIpc) is 2.77. The van der Waals surface area contributed by atoms with Crippen molar-refractivity contribution in [3.63, 3.8) is 0 Å². The maximum Gasteiger partial charge on any atom is 0.0337 e. The van der Waals surface area contributed by atoms with E-state index in [0.717, 1.165) is 6.54 Å². The minimum atomic E-state index is 0.712. The third-order valence-electron chi connectivity index (χ3n) is 3.66. The maximum atomic E-state index is 3.15. The number of benzene rings is 1. The summed E-state index contributed by atoms with van der Waals surface area (Å²) in [4.78, 5) is 4.88. The van der Waals surface area contributed by atoms with Gasteiger partial charge in [-0.15, -0.1) is 0 Å². The Morgan fingerprint density at radius 1 is 1.35 bits per heavy atom. The van der Waals surface area contributed by atoms with Crippen LogP contribution in [-0.2, 0) is 6.54 Å². The van der Waals surface area contributed by atoms with Crippen LogP contribution in [-0.4, -0.2) is 50.1 Å². The molecule has 0 aromatic heterocycles. The molecule has 0 spiro atoms. The molecule has 94 valence electrons. The van der Waals surface area contributed by atoms with E-state index in [9.17, 15) is 0 Å². The van der Waals surface area contributed by atoms with Crippen LogP contribution in [0.1, 0.15) is 12.0 Å². The molecule has 1 aliphatic heterocycles. The van der Waals surface area contributed by atoms with Crippen molar-refractivity contribution in [1.82, 2.24) is 9.80 Å². The van der Waals surface area contributed by atoms with Crippen molar-refractivity contribution in [1.29, 1.82) is 0 Å². The number of anilines is 1. The molecule has 0 saturated carbocycles. The van der Waals surface area contributed by atoms with E-state index in [1.54, 1.807) is 0 Å². The van der Waals surface area contributed by atoms with E-state index in [0.29, 0.717) is 6.04 Å². The lowest BCUT2D eigenvalue weighted by Crippen LogP contribution is -2.33. The van der Waals surface area contributed by atoms with Gasteiger partial charge in [0, 0.05) is 31.9 Å². The molecular weight excluding hydrogens is 210 g/mol. The van der Waals surface area contributed by atoms with E-state index in [1.165, 1.54) is 30.8 Å². The van der Waals surface area contributed by atoms with Gasteiger partial charge in [0.2, 0.25) is 0 Å². The lowest BCUT2D eigenvalue weighted by Gasteiger charge is -2.24. The van der Waals surface area contributed by atoms with E-state index in [4.69, 9.17) is 0 Å². The van der Waals surface area contributed by atoms with Crippen LogP contribution in [0, 0.1) is 0 Å². The third-order valence-corrected chi connectivity index (χ3v) is 3.66. The predicted octanol–water partition coefficient (Wildman–Crippen LogP) is 1.86. The number of nitrogens with one attached hydrogen (secondary N) is 1. The maximum absolute atomic E-state index is 3.15. The second-order valence-electron chi connectivity index (χ2n) is 5.07. The Labute approximate surface area is 104 Å². The van der Waals surface area contributed by atoms with Crippen LogP contribution >= 0.6 is 0 Å². The highest BCUT2D eigenvalue weighted by molar-refractivity contribution is 5.43. The van der Waals surface area contributed by atoms with Gasteiger partial charge in [-0.25, -0.2) is 0 Å². The summed E-state index contributed by atoms with van der Waals surface area (Å²) in [6, 6.07) is 9.42. The van der Waals surface area contributed by atoms with Gasteiger partial charge in [0.05, 0.1) is 0 Å². The summed E-state index contributed by atoms with van der Waals surface area (Å²) in [6.07, 6.45) is 1.29. The van der Waals surface area contributed by atoms with Gasteiger partial charge in [-0.3, -0.25) is 4.90 Å². The fraction of sp³-hybridized carbons (Fsp3) is 0.571. The number of nitrogens with zero attached hydrogens (tertiary/aromatic N) is 2. The summed E-state index contributed by atoms with van der Waals surface area (Å²) in [5.74, 6) is 0. The van der Waals surface area contributed by atoms with E-state index >= 15 is 0 Å². The Kier molecular flexibility index (Phi) is 4.02. The highest BCUT2D eigenvalue weighted by Gasteiger charge is 2.22. The Hall–Kier alpha value is -1.06. The monoisotopic (exact) mass is 233 g/mol. The summed E-state index contributed by atoms with van der Waals surface area (Å²) in [7, 11) is 6.39. The zero-order valence-electron chi connectivity index (χ0n) is 11.1. The molecule has 1 aliphatic rings. The van der Waals surface area contributed by atoms with Gasteiger partial charge in [-0.05, 0) is 44.8 Å². The highest BCUT2D eigenvalue weighted by Crippen LogP contribution is 2.16. The zero-order valence-corrected chi connectivity index (χ0v) is 11.1. The third kappa shape index (κ3) is 3.20. The van der Waals surface area contributed by atoms with Crippen molar-refractivity contribution in [3.05, 3.63) is 29.8 Å². The van der Waals surface area contributed by atoms with Gasteiger partial charge in [0.1, 0.15) is 0 Å². The van der Waals surface area contributed by atoms with Crippen LogP contribution in [0.5, 0.6) is 0 Å². The van der Waals surface area contributed by atoms with Crippen molar-refractivity contribution >= 4 is 5.69 Å². The Balaban J connectivity index is 1.91. The van der Waals surface area contributed by atoms with Crippen LogP contribution in [0.4, 0.5) is 5.69 Å². The number of rotatable bonds is 4. The van der Waals surface area contributed by atoms with Crippen molar-refractivity contribution in [2.75, 3.05) is 39.5 Å². The fourth-order valence-electron chi connectivity index (χ4n) is 2.47. The van der Waals surface area contributed by atoms with Gasteiger partial charge in [0.25, 0.3) is 0 Å². The van der Waals surface area contributed by atoms with E-state index in [1.807, 2.05) is 7.05 Å². The first kappa shape index (κ1) is 12.4. The molecule has 1 saturated heterocycles. The smallest absolute Gasteiger partial charge is 0.0337 e. The summed E-state index contributed by atoms with van der Waals surface area (Å²) < 4.78 is 0. The molecule has 0 amide bonds. The molecule has 0 aliphatic carbocycles. The van der Waals surface area contributed by atoms with Crippen molar-refractivity contribution < 1.29 is 0 Å². The zero-order chi connectivity index (χ0) is 12.3. The molecule has 3 nitrogen and oxygen atoms in total. The Bertz CT molecular complexity index is 347. The minimum Gasteiger partial charge on any atom is -0.388 e. The summed E-state index contributed by atoms with van der Waals surface area (Å²) in [5, 5.41) is 3.15. The average molecular weight is 233 g/mol. The van der Waals surface area contributed by atoms with Gasteiger partial charge in [-0.1, -0.05) is 12.1 Å². The quantitative estimate of drug-likeness (QED) is 0.856. The predicted molar refractivity (Wildman–Crippen MR) is 73.4 cm³/mol. The van der Waals surface area contributed by atoms with Crippen LogP contribution in [0.3, 0.4) is 0 Å². The first-order valence-corrected chi connectivity index (χ1v) is 6.34. The SMILES string of the molecule is CNc1ccc(CN(C)C2CCN(C)C2)cc1. The van der Waals surface area contributed by atoms with Crippen molar-refractivity contribution in [3.8, 4) is 0 Å². The summed E-state index contributed by atoms with van der Waals surface area (Å²) in [5.41, 5.74) is 2.57. The van der Waals surface area contributed by atoms with E-state index < -0.39 is 0 Å². The number of hydrogen-bond donors (Lipinski definition) is 1. The fourth-order valence-corrected chi connectivity index (χ4v) is 2.47. The van der Waals surface area contributed by atoms with E-state index in [2.05, 4.69) is 53.5 Å². The van der Waals surface area contributed by atoms with Crippen molar-refractivity contribution in [2.45, 2.75) is 19.0 Å². The molecule has 1 aromatic rings. The molecule has 0 radical (unpaired) electrons. The normalized spacial score (nSPS) is 21.1. The number of likely N-dealkylation sites (tertiary alicyclic amines) is 1. The van der Waals surface area contributed by atoms with Gasteiger partial charge in [0.15, 0.2) is 0 Å². The van der Waals surface area contributed by atoms with Crippen molar-refractivity contribution in [2.24, 2.45) is 0 Å². The van der Waals surface area contributed by atoms with Crippen LogP contribution in [0.15, 0.2) is 24.3 Å². The van der Waals surface area contributed by atoms with Gasteiger partial charge in [-0.2, -0.15) is 0 Å². The Morgan fingerprint density at radius 2 is 2.06 bits per heavy atom. The number of hydrogen-bond acceptors (Lipinski definition) is 3. The van der Waals surface area contributed by atoms with Crippen LogP contribution in [0.25, 0.3) is 0 Å². The lowest BCUT2D eigenvalue weighted by molar-refractivity contribution is 0.234. The molecule has 1 N–H and O–H groups in total. The molecule has 0 bridgehead atoms. The molecule has 17 heavy (non-hydrogen) atoms. The number of likely N-dealkylation sites (N-methyl/N-ethyl adjacent to an activating group) is 2. The first-order chi connectivity index (χ1) is 8.19. The second kappa shape index (κ2) is 5.52. The molecule has 1 aromatic carbocycles. The lowest BCUT2D eigenvalue weighted by atomic mass is 10.1. The molecule has 1 fully saturated rings. The summed E-state index contributed by atoms with van der Waals surface area (Å²) in [6.45, 7) is 3.47. The molecular formula is C14H23N3. The molecule has 1 heterocycles. The molecule has 3 heteroatoms. The Morgan fingerprint density at radius 3 is 2.59 bits per heavy atom. The molecule has 1 atom stereocenters.